The van der Waals surface area contributed by atoms with Crippen LogP contribution in [0.25, 0.3) is 10.8 Å². The third kappa shape index (κ3) is 4.56. The molecule has 2 N–H and O–H groups in total. The fourth-order valence-corrected chi connectivity index (χ4v) is 3.53. The number of nitrogens with one attached hydrogen (secondary N) is 1. The number of alkyl halides is 2. The summed E-state index contributed by atoms with van der Waals surface area (Å²) >= 11 is 0. The summed E-state index contributed by atoms with van der Waals surface area (Å²) in [4.78, 5) is 25.4. The van der Waals surface area contributed by atoms with E-state index in [-0.39, 0.29) is 29.9 Å². The van der Waals surface area contributed by atoms with Gasteiger partial charge in [-0.05, 0) is 42.3 Å². The van der Waals surface area contributed by atoms with E-state index in [9.17, 15) is 18.4 Å². The maximum atomic E-state index is 12.8. The Morgan fingerprint density at radius 3 is 2.46 bits per heavy atom. The van der Waals surface area contributed by atoms with Gasteiger partial charge in [0.25, 0.3) is 5.91 Å². The number of ether oxygens (including phenoxy) is 1. The third-order valence-corrected chi connectivity index (χ3v) is 5.02. The minimum atomic E-state index is -3.03. The van der Waals surface area contributed by atoms with Crippen LogP contribution in [-0.4, -0.2) is 53.7 Å². The summed E-state index contributed by atoms with van der Waals surface area (Å²) in [5.74, 6) is -1.53. The van der Waals surface area contributed by atoms with Crippen LogP contribution in [0.4, 0.5) is 8.78 Å². The van der Waals surface area contributed by atoms with Gasteiger partial charge in [-0.3, -0.25) is 14.5 Å². The first-order chi connectivity index (χ1) is 13.4. The number of carboxylic acid groups (broad SMARTS) is 1. The van der Waals surface area contributed by atoms with Crippen LogP contribution < -0.4 is 10.1 Å². The molecule has 2 aromatic rings. The second-order valence-electron chi connectivity index (χ2n) is 6.83. The summed E-state index contributed by atoms with van der Waals surface area (Å²) in [5, 5.41) is 13.2. The Hall–Kier alpha value is -2.74. The fraction of sp³-hybridized carbons (Fsp3) is 0.400. The van der Waals surface area contributed by atoms with E-state index in [4.69, 9.17) is 5.11 Å². The number of rotatable bonds is 8. The average molecular weight is 392 g/mol. The molecule has 0 aromatic heterocycles. The number of halogens is 2. The minimum Gasteiger partial charge on any atom is -0.480 e. The van der Waals surface area contributed by atoms with Gasteiger partial charge in [-0.15, -0.1) is 0 Å². The van der Waals surface area contributed by atoms with Crippen molar-refractivity contribution in [1.29, 1.82) is 0 Å². The van der Waals surface area contributed by atoms with E-state index in [0.717, 1.165) is 5.39 Å². The predicted molar refractivity (Wildman–Crippen MR) is 99.7 cm³/mol. The maximum absolute atomic E-state index is 12.8. The number of nitrogens with zero attached hydrogens (tertiary/aromatic N) is 1. The number of carboxylic acids is 1. The van der Waals surface area contributed by atoms with Gasteiger partial charge in [0.1, 0.15) is 5.75 Å². The number of benzene rings is 2. The monoisotopic (exact) mass is 392 g/mol. The normalized spacial score (nSPS) is 18.9. The van der Waals surface area contributed by atoms with Crippen molar-refractivity contribution >= 4 is 22.6 Å². The first-order valence-corrected chi connectivity index (χ1v) is 9.11. The molecule has 0 aliphatic heterocycles. The molecule has 1 amide bonds. The molecule has 1 aliphatic rings. The Kier molecular flexibility index (Phi) is 6.08. The van der Waals surface area contributed by atoms with Gasteiger partial charge in [0.05, 0.1) is 12.1 Å². The van der Waals surface area contributed by atoms with Crippen LogP contribution in [0.5, 0.6) is 5.75 Å². The number of amides is 1. The van der Waals surface area contributed by atoms with Crippen LogP contribution in [0.15, 0.2) is 36.4 Å². The molecular formula is C20H22F2N2O4. The van der Waals surface area contributed by atoms with Gasteiger partial charge in [-0.25, -0.2) is 0 Å². The molecule has 1 saturated carbocycles. The van der Waals surface area contributed by atoms with Gasteiger partial charge in [0, 0.05) is 12.1 Å². The summed E-state index contributed by atoms with van der Waals surface area (Å²) in [7, 11) is 0. The van der Waals surface area contributed by atoms with Crippen LogP contribution >= 0.6 is 0 Å². The van der Waals surface area contributed by atoms with Crippen LogP contribution in [0, 0.1) is 0 Å². The number of aliphatic carboxylic acids is 1. The number of carbonyl (C=O) groups excluding carboxylic acids is 1. The summed E-state index contributed by atoms with van der Waals surface area (Å²) in [6, 6.07) is 10.1. The highest BCUT2D eigenvalue weighted by Gasteiger charge is 2.35. The van der Waals surface area contributed by atoms with E-state index >= 15 is 0 Å². The number of carbonyl (C=O) groups is 2. The molecule has 0 radical (unpaired) electrons. The van der Waals surface area contributed by atoms with Crippen LogP contribution in [0.1, 0.15) is 30.1 Å². The van der Waals surface area contributed by atoms with Crippen LogP contribution in [-0.2, 0) is 4.79 Å². The number of likely N-dealkylation sites (N-methyl/N-ethyl adjacent to an activating group) is 1. The number of hydrogen-bond acceptors (Lipinski definition) is 4. The summed E-state index contributed by atoms with van der Waals surface area (Å²) in [6.45, 7) is -0.583. The van der Waals surface area contributed by atoms with Crippen molar-refractivity contribution in [3.8, 4) is 5.75 Å². The summed E-state index contributed by atoms with van der Waals surface area (Å²) < 4.78 is 30.1. The maximum Gasteiger partial charge on any atom is 0.387 e. The molecule has 3 rings (SSSR count). The topological polar surface area (TPSA) is 78.9 Å². The van der Waals surface area contributed by atoms with Gasteiger partial charge in [-0.2, -0.15) is 8.78 Å². The highest BCUT2D eigenvalue weighted by atomic mass is 19.3. The smallest absolute Gasteiger partial charge is 0.387 e. The lowest BCUT2D eigenvalue weighted by Crippen LogP contribution is -2.54. The lowest BCUT2D eigenvalue weighted by molar-refractivity contribution is -0.139. The third-order valence-electron chi connectivity index (χ3n) is 5.02. The number of fused-ring (bicyclic) bond motifs is 1. The van der Waals surface area contributed by atoms with Gasteiger partial charge in [0.2, 0.25) is 0 Å². The first-order valence-electron chi connectivity index (χ1n) is 9.11. The van der Waals surface area contributed by atoms with Gasteiger partial charge in [-0.1, -0.05) is 31.2 Å². The molecule has 2 aromatic carbocycles. The molecule has 0 unspecified atom stereocenters. The molecule has 1 aliphatic carbocycles. The van der Waals surface area contributed by atoms with Crippen molar-refractivity contribution in [2.45, 2.75) is 38.5 Å². The van der Waals surface area contributed by atoms with Crippen molar-refractivity contribution in [3.05, 3.63) is 42.0 Å². The summed E-state index contributed by atoms with van der Waals surface area (Å²) in [6.07, 6.45) is 1.23. The molecule has 0 saturated heterocycles. The van der Waals surface area contributed by atoms with Crippen molar-refractivity contribution in [1.82, 2.24) is 10.2 Å². The van der Waals surface area contributed by atoms with Crippen LogP contribution in [0.3, 0.4) is 0 Å². The Labute approximate surface area is 161 Å². The average Bonchev–Trinajstić information content (AvgIpc) is 2.61. The predicted octanol–water partition coefficient (Wildman–Crippen LogP) is 3.11. The lowest BCUT2D eigenvalue weighted by Gasteiger charge is -2.42. The largest absolute Gasteiger partial charge is 0.480 e. The molecule has 28 heavy (non-hydrogen) atoms. The van der Waals surface area contributed by atoms with Crippen molar-refractivity contribution in [2.75, 3.05) is 13.1 Å². The van der Waals surface area contributed by atoms with E-state index < -0.39 is 18.5 Å². The molecule has 0 bridgehead atoms. The molecule has 150 valence electrons. The van der Waals surface area contributed by atoms with Gasteiger partial charge >= 0.3 is 12.6 Å². The van der Waals surface area contributed by atoms with Gasteiger partial charge < -0.3 is 15.2 Å². The van der Waals surface area contributed by atoms with Crippen molar-refractivity contribution in [3.63, 3.8) is 0 Å². The second kappa shape index (κ2) is 8.52. The van der Waals surface area contributed by atoms with Crippen molar-refractivity contribution in [2.24, 2.45) is 0 Å². The van der Waals surface area contributed by atoms with E-state index in [1.807, 2.05) is 11.8 Å². The summed E-state index contributed by atoms with van der Waals surface area (Å²) in [5.41, 5.74) is 0.0559. The zero-order chi connectivity index (χ0) is 20.3. The van der Waals surface area contributed by atoms with Crippen molar-refractivity contribution < 1.29 is 28.2 Å². The zero-order valence-corrected chi connectivity index (χ0v) is 15.4. The quantitative estimate of drug-likeness (QED) is 0.722. The van der Waals surface area contributed by atoms with E-state index in [2.05, 4.69) is 10.1 Å². The molecular weight excluding hydrogens is 370 g/mol. The SMILES string of the molecule is CCN(CC(=O)O)C1CC(NC(=O)c2cc3ccccc3cc2OC(F)F)C1. The zero-order valence-electron chi connectivity index (χ0n) is 15.4. The Balaban J connectivity index is 1.70. The molecule has 8 heteroatoms. The van der Waals surface area contributed by atoms with E-state index in [1.54, 1.807) is 30.3 Å². The van der Waals surface area contributed by atoms with Gasteiger partial charge in [0.15, 0.2) is 0 Å². The standard InChI is InChI=1S/C20H22F2N2O4/c1-2-24(11-18(25)26)15-9-14(10-15)23-19(27)16-7-12-5-3-4-6-13(12)8-17(16)28-20(21)22/h3-8,14-15,20H,2,9-11H2,1H3,(H,23,27)(H,25,26). The molecule has 1 fully saturated rings. The number of hydrogen-bond donors (Lipinski definition) is 2. The second-order valence-corrected chi connectivity index (χ2v) is 6.83. The minimum absolute atomic E-state index is 0.0428. The molecule has 0 atom stereocenters. The Morgan fingerprint density at radius 2 is 1.89 bits per heavy atom. The highest BCUT2D eigenvalue weighted by Crippen LogP contribution is 2.30. The fourth-order valence-electron chi connectivity index (χ4n) is 3.53. The molecule has 6 nitrogen and oxygen atoms in total. The lowest BCUT2D eigenvalue weighted by atomic mass is 9.85. The first kappa shape index (κ1) is 20.0. The molecule has 0 heterocycles. The van der Waals surface area contributed by atoms with E-state index in [1.165, 1.54) is 6.07 Å². The highest BCUT2D eigenvalue weighted by molar-refractivity contribution is 6.01. The molecule has 0 spiro atoms. The Bertz CT molecular complexity index is 868. The van der Waals surface area contributed by atoms with Crippen LogP contribution in [0.2, 0.25) is 0 Å². The van der Waals surface area contributed by atoms with E-state index in [0.29, 0.717) is 24.8 Å². The Morgan fingerprint density at radius 1 is 1.25 bits per heavy atom.